The van der Waals surface area contributed by atoms with Gasteiger partial charge in [-0.05, 0) is 23.8 Å². The number of aromatic nitrogens is 1. The van der Waals surface area contributed by atoms with Gasteiger partial charge < -0.3 is 16.2 Å². The molecule has 0 spiro atoms. The van der Waals surface area contributed by atoms with Crippen molar-refractivity contribution in [1.29, 1.82) is 0 Å². The molecule has 1 heterocycles. The predicted molar refractivity (Wildman–Crippen MR) is 67.2 cm³/mol. The molecule has 0 aliphatic rings. The molecule has 0 fully saturated rings. The van der Waals surface area contributed by atoms with Crippen LogP contribution in [0.25, 0.3) is 0 Å². The van der Waals surface area contributed by atoms with Crippen molar-refractivity contribution >= 4 is 5.91 Å². The second-order valence-electron chi connectivity index (χ2n) is 3.69. The molecule has 0 unspecified atom stereocenters. The Morgan fingerprint density at radius 1 is 1.22 bits per heavy atom. The highest BCUT2D eigenvalue weighted by molar-refractivity contribution is 5.91. The van der Waals surface area contributed by atoms with Crippen molar-refractivity contribution in [1.82, 2.24) is 4.98 Å². The average Bonchev–Trinajstić information content (AvgIpc) is 2.39. The maximum Gasteiger partial charge on any atom is 0.267 e. The summed E-state index contributed by atoms with van der Waals surface area (Å²) in [5.74, 6) is 0.573. The minimum Gasteiger partial charge on any atom is -0.457 e. The lowest BCUT2D eigenvalue weighted by Crippen LogP contribution is -2.12. The Hall–Kier alpha value is -2.40. The molecule has 2 aromatic rings. The first-order valence-electron chi connectivity index (χ1n) is 5.42. The monoisotopic (exact) mass is 243 g/mol. The van der Waals surface area contributed by atoms with Crippen LogP contribution in [0.5, 0.6) is 11.5 Å². The van der Waals surface area contributed by atoms with Gasteiger partial charge in [-0.2, -0.15) is 0 Å². The zero-order chi connectivity index (χ0) is 13.0. The minimum atomic E-state index is -0.587. The zero-order valence-corrected chi connectivity index (χ0v) is 9.67. The summed E-state index contributed by atoms with van der Waals surface area (Å²) in [5, 5.41) is 0. The molecule has 0 aliphatic carbocycles. The van der Waals surface area contributed by atoms with Crippen LogP contribution in [0.2, 0.25) is 0 Å². The smallest absolute Gasteiger partial charge is 0.267 e. The number of hydrogen-bond acceptors (Lipinski definition) is 4. The second-order valence-corrected chi connectivity index (χ2v) is 3.69. The third kappa shape index (κ3) is 2.83. The van der Waals surface area contributed by atoms with E-state index in [1.54, 1.807) is 6.07 Å². The van der Waals surface area contributed by atoms with Crippen LogP contribution >= 0.6 is 0 Å². The Kier molecular flexibility index (Phi) is 3.54. The first-order chi connectivity index (χ1) is 8.69. The van der Waals surface area contributed by atoms with Gasteiger partial charge in [-0.15, -0.1) is 0 Å². The van der Waals surface area contributed by atoms with Crippen LogP contribution in [0.15, 0.2) is 42.6 Å². The number of primary amides is 1. The zero-order valence-electron chi connectivity index (χ0n) is 9.67. The van der Waals surface area contributed by atoms with Crippen molar-refractivity contribution in [3.05, 3.63) is 53.9 Å². The number of ether oxygens (including phenoxy) is 1. The van der Waals surface area contributed by atoms with Gasteiger partial charge in [-0.3, -0.25) is 9.78 Å². The molecule has 5 heteroatoms. The van der Waals surface area contributed by atoms with E-state index >= 15 is 0 Å². The Labute approximate surface area is 104 Å². The third-order valence-electron chi connectivity index (χ3n) is 2.35. The molecule has 1 aromatic heterocycles. The van der Waals surface area contributed by atoms with E-state index in [0.29, 0.717) is 18.0 Å². The van der Waals surface area contributed by atoms with Crippen LogP contribution in [-0.4, -0.2) is 10.9 Å². The summed E-state index contributed by atoms with van der Waals surface area (Å²) in [4.78, 5) is 14.8. The summed E-state index contributed by atoms with van der Waals surface area (Å²) >= 11 is 0. The molecule has 0 radical (unpaired) electrons. The van der Waals surface area contributed by atoms with Crippen molar-refractivity contribution in [3.8, 4) is 11.5 Å². The molecule has 5 nitrogen and oxygen atoms in total. The molecule has 1 amide bonds. The number of carbonyl (C=O) groups is 1. The fourth-order valence-electron chi connectivity index (χ4n) is 1.48. The maximum atomic E-state index is 11.0. The topological polar surface area (TPSA) is 91.2 Å². The van der Waals surface area contributed by atoms with E-state index < -0.39 is 5.91 Å². The summed E-state index contributed by atoms with van der Waals surface area (Å²) in [6.45, 7) is 0.445. The van der Waals surface area contributed by atoms with Gasteiger partial charge >= 0.3 is 0 Å². The molecule has 0 saturated carbocycles. The van der Waals surface area contributed by atoms with Gasteiger partial charge in [0, 0.05) is 18.8 Å². The van der Waals surface area contributed by atoms with Crippen molar-refractivity contribution in [2.24, 2.45) is 11.5 Å². The van der Waals surface area contributed by atoms with Crippen LogP contribution in [0.4, 0.5) is 0 Å². The molecule has 2 rings (SSSR count). The van der Waals surface area contributed by atoms with Crippen LogP contribution in [0.3, 0.4) is 0 Å². The Bertz CT molecular complexity index is 570. The molecule has 0 bridgehead atoms. The minimum absolute atomic E-state index is 0.169. The van der Waals surface area contributed by atoms with E-state index in [-0.39, 0.29) is 5.69 Å². The predicted octanol–water partition coefficient (Wildman–Crippen LogP) is 1.43. The number of rotatable bonds is 4. The molecular formula is C13H13N3O2. The fourth-order valence-corrected chi connectivity index (χ4v) is 1.48. The van der Waals surface area contributed by atoms with Crippen molar-refractivity contribution in [2.45, 2.75) is 6.54 Å². The lowest BCUT2D eigenvalue weighted by atomic mass is 10.2. The second kappa shape index (κ2) is 5.29. The van der Waals surface area contributed by atoms with Crippen LogP contribution in [-0.2, 0) is 6.54 Å². The van der Waals surface area contributed by atoms with Crippen LogP contribution < -0.4 is 16.2 Å². The van der Waals surface area contributed by atoms with E-state index in [1.165, 1.54) is 12.3 Å². The first kappa shape index (κ1) is 12.1. The summed E-state index contributed by atoms with van der Waals surface area (Å²) < 4.78 is 5.61. The van der Waals surface area contributed by atoms with Gasteiger partial charge in [0.25, 0.3) is 5.91 Å². The fraction of sp³-hybridized carbons (Fsp3) is 0.0769. The standard InChI is InChI=1S/C13H13N3O2/c14-8-9-2-1-3-10(6-9)18-11-4-5-16-12(7-11)13(15)17/h1-7H,8,14H2,(H2,15,17). The number of amides is 1. The van der Waals surface area contributed by atoms with Gasteiger partial charge in [-0.1, -0.05) is 12.1 Å². The molecule has 1 aromatic carbocycles. The maximum absolute atomic E-state index is 11.0. The summed E-state index contributed by atoms with van der Waals surface area (Å²) in [5.41, 5.74) is 11.8. The molecule has 92 valence electrons. The third-order valence-corrected chi connectivity index (χ3v) is 2.35. The summed E-state index contributed by atoms with van der Waals surface area (Å²) in [7, 11) is 0. The van der Waals surface area contributed by atoms with E-state index in [1.807, 2.05) is 24.3 Å². The summed E-state index contributed by atoms with van der Waals surface area (Å²) in [6, 6.07) is 10.6. The number of hydrogen-bond donors (Lipinski definition) is 2. The van der Waals surface area contributed by atoms with Gasteiger partial charge in [-0.25, -0.2) is 0 Å². The molecule has 0 saturated heterocycles. The quantitative estimate of drug-likeness (QED) is 0.849. The van der Waals surface area contributed by atoms with E-state index in [9.17, 15) is 4.79 Å². The molecule has 18 heavy (non-hydrogen) atoms. The highest BCUT2D eigenvalue weighted by Gasteiger charge is 2.04. The van der Waals surface area contributed by atoms with Gasteiger partial charge in [0.05, 0.1) is 0 Å². The van der Waals surface area contributed by atoms with Crippen molar-refractivity contribution < 1.29 is 9.53 Å². The number of carbonyl (C=O) groups excluding carboxylic acids is 1. The van der Waals surface area contributed by atoms with Gasteiger partial charge in [0.15, 0.2) is 0 Å². The number of nitrogens with two attached hydrogens (primary N) is 2. The Balaban J connectivity index is 2.22. The lowest BCUT2D eigenvalue weighted by molar-refractivity contribution is 0.0995. The Morgan fingerprint density at radius 3 is 2.72 bits per heavy atom. The lowest BCUT2D eigenvalue weighted by Gasteiger charge is -2.07. The largest absolute Gasteiger partial charge is 0.457 e. The SMILES string of the molecule is NCc1cccc(Oc2ccnc(C(N)=O)c2)c1. The molecular weight excluding hydrogens is 230 g/mol. The molecule has 4 N–H and O–H groups in total. The molecule has 0 aliphatic heterocycles. The average molecular weight is 243 g/mol. The first-order valence-corrected chi connectivity index (χ1v) is 5.42. The van der Waals surface area contributed by atoms with Crippen molar-refractivity contribution in [2.75, 3.05) is 0 Å². The normalized spacial score (nSPS) is 10.1. The molecule has 0 atom stereocenters. The number of pyridine rings is 1. The summed E-state index contributed by atoms with van der Waals surface area (Å²) in [6.07, 6.45) is 1.47. The Morgan fingerprint density at radius 2 is 2.00 bits per heavy atom. The van der Waals surface area contributed by atoms with Gasteiger partial charge in [0.1, 0.15) is 17.2 Å². The van der Waals surface area contributed by atoms with E-state index in [2.05, 4.69) is 4.98 Å². The highest BCUT2D eigenvalue weighted by atomic mass is 16.5. The van der Waals surface area contributed by atoms with E-state index in [0.717, 1.165) is 5.56 Å². The van der Waals surface area contributed by atoms with E-state index in [4.69, 9.17) is 16.2 Å². The highest BCUT2D eigenvalue weighted by Crippen LogP contribution is 2.22. The number of nitrogens with zero attached hydrogens (tertiary/aromatic N) is 1. The number of benzene rings is 1. The van der Waals surface area contributed by atoms with Crippen LogP contribution in [0.1, 0.15) is 16.1 Å². The van der Waals surface area contributed by atoms with Crippen LogP contribution in [0, 0.1) is 0 Å². The van der Waals surface area contributed by atoms with Crippen molar-refractivity contribution in [3.63, 3.8) is 0 Å². The van der Waals surface area contributed by atoms with Gasteiger partial charge in [0.2, 0.25) is 0 Å².